The van der Waals surface area contributed by atoms with Gasteiger partial charge in [-0.1, -0.05) is 45.9 Å². The quantitative estimate of drug-likeness (QED) is 0.297. The lowest BCUT2D eigenvalue weighted by Gasteiger charge is -2.17. The normalized spacial score (nSPS) is 13.4. The third-order valence-corrected chi connectivity index (χ3v) is 7.26. The number of nitrogens with zero attached hydrogens (tertiary/aromatic N) is 5. The Balaban J connectivity index is 0.00000116. The molecule has 1 aliphatic carbocycles. The molecule has 0 radical (unpaired) electrons. The van der Waals surface area contributed by atoms with E-state index in [-0.39, 0.29) is 29.6 Å². The zero-order valence-electron chi connectivity index (χ0n) is 27.2. The fourth-order valence-corrected chi connectivity index (χ4v) is 5.20. The molecule has 0 saturated carbocycles. The van der Waals surface area contributed by atoms with E-state index in [9.17, 15) is 19.2 Å². The summed E-state index contributed by atoms with van der Waals surface area (Å²) in [7, 11) is 3.31. The molecule has 240 valence electrons. The van der Waals surface area contributed by atoms with Crippen LogP contribution in [0.1, 0.15) is 72.7 Å². The van der Waals surface area contributed by atoms with Gasteiger partial charge >= 0.3 is 0 Å². The van der Waals surface area contributed by atoms with Gasteiger partial charge in [-0.15, -0.1) is 0 Å². The molecule has 0 unspecified atom stereocenters. The molecule has 0 saturated heterocycles. The molecule has 6 rings (SSSR count). The van der Waals surface area contributed by atoms with E-state index < -0.39 is 5.91 Å². The van der Waals surface area contributed by atoms with E-state index in [0.717, 1.165) is 0 Å². The van der Waals surface area contributed by atoms with E-state index in [2.05, 4.69) is 20.7 Å². The van der Waals surface area contributed by atoms with Crippen LogP contribution in [0, 0.1) is 6.92 Å². The average Bonchev–Trinajstić information content (AvgIpc) is 3.72. The summed E-state index contributed by atoms with van der Waals surface area (Å²) >= 11 is 0. The van der Waals surface area contributed by atoms with Gasteiger partial charge in [0.25, 0.3) is 23.3 Å². The Hall–Kier alpha value is -5.52. The number of aromatic nitrogens is 4. The van der Waals surface area contributed by atoms with Gasteiger partial charge in [0.1, 0.15) is 11.5 Å². The molecule has 3 aromatic heterocycles. The molecule has 1 aliphatic heterocycles. The molecule has 0 fully saturated rings. The van der Waals surface area contributed by atoms with Crippen LogP contribution in [0.15, 0.2) is 81.5 Å². The van der Waals surface area contributed by atoms with Crippen molar-refractivity contribution in [3.05, 3.63) is 105 Å². The van der Waals surface area contributed by atoms with Crippen LogP contribution in [0.5, 0.6) is 0 Å². The standard InChI is InChI=1S/C30H27N7O5.2C2H6/c1-17-25(30(41)36(3)42-17)18-7-9-21(10-8-18)37-16-23-22(29(37)40)11-13-31-26(23)28(39)32-20-6-4-5-19(15-20)27(38)33-24-12-14-35(2)34-24;2*1-2/h5,7-15H,4,6,16H2,1-3H3,(H,32,39)(H,33,34,38);2*1-2H3. The Bertz CT molecular complexity index is 1880. The van der Waals surface area contributed by atoms with E-state index in [0.29, 0.717) is 63.6 Å². The number of amides is 3. The summed E-state index contributed by atoms with van der Waals surface area (Å²) < 4.78 is 8.15. The van der Waals surface area contributed by atoms with Crippen molar-refractivity contribution < 1.29 is 18.9 Å². The van der Waals surface area contributed by atoms with Crippen LogP contribution in [-0.4, -0.2) is 37.2 Å². The van der Waals surface area contributed by atoms with Gasteiger partial charge in [0.05, 0.1) is 12.1 Å². The van der Waals surface area contributed by atoms with Crippen LogP contribution in [0.4, 0.5) is 11.5 Å². The smallest absolute Gasteiger partial charge is 0.290 e. The predicted molar refractivity (Wildman–Crippen MR) is 176 cm³/mol. The molecule has 12 heteroatoms. The lowest BCUT2D eigenvalue weighted by molar-refractivity contribution is -0.112. The zero-order valence-corrected chi connectivity index (χ0v) is 27.2. The molecule has 12 nitrogen and oxygen atoms in total. The molecule has 0 spiro atoms. The number of fused-ring (bicyclic) bond motifs is 1. The molecule has 1 aromatic carbocycles. The maximum atomic E-state index is 13.3. The number of carbonyl (C=O) groups excluding carboxylic acids is 3. The Labute approximate surface area is 267 Å². The van der Waals surface area contributed by atoms with Gasteiger partial charge in [0.15, 0.2) is 5.82 Å². The summed E-state index contributed by atoms with van der Waals surface area (Å²) in [5, 5.41) is 9.77. The molecule has 4 aromatic rings. The Morgan fingerprint density at radius 1 is 0.935 bits per heavy atom. The van der Waals surface area contributed by atoms with Crippen LogP contribution >= 0.6 is 0 Å². The molecule has 2 N–H and O–H groups in total. The molecule has 46 heavy (non-hydrogen) atoms. The molecular formula is C34H39N7O5. The molecule has 0 atom stereocenters. The number of carbonyl (C=O) groups is 3. The van der Waals surface area contributed by atoms with E-state index in [4.69, 9.17) is 4.52 Å². The predicted octanol–water partition coefficient (Wildman–Crippen LogP) is 5.27. The van der Waals surface area contributed by atoms with E-state index in [1.165, 1.54) is 10.9 Å². The van der Waals surface area contributed by atoms with E-state index in [1.807, 2.05) is 27.7 Å². The minimum absolute atomic E-state index is 0.146. The SMILES string of the molecule is CC.CC.Cc1on(C)c(=O)c1-c1ccc(N2Cc3c(ccnc3C(=O)NC3=CC(C(=O)Nc4ccn(C)n4)=CCC3)C2=O)cc1. The molecule has 3 amide bonds. The van der Waals surface area contributed by atoms with Crippen LogP contribution in [-0.2, 0) is 25.4 Å². The number of aryl methyl sites for hydroxylation is 3. The van der Waals surface area contributed by atoms with Crippen LogP contribution in [0.25, 0.3) is 11.1 Å². The van der Waals surface area contributed by atoms with Gasteiger partial charge in [-0.3, -0.25) is 28.8 Å². The molecule has 4 heterocycles. The van der Waals surface area contributed by atoms with Gasteiger partial charge in [-0.05, 0) is 49.6 Å². The third-order valence-electron chi connectivity index (χ3n) is 7.26. The van der Waals surface area contributed by atoms with E-state index in [1.54, 1.807) is 85.3 Å². The highest BCUT2D eigenvalue weighted by Gasteiger charge is 2.33. The molecular weight excluding hydrogens is 586 g/mol. The number of benzene rings is 1. The number of hydrogen-bond donors (Lipinski definition) is 2. The monoisotopic (exact) mass is 625 g/mol. The van der Waals surface area contributed by atoms with Crippen molar-refractivity contribution in [3.63, 3.8) is 0 Å². The van der Waals surface area contributed by atoms with Crippen LogP contribution in [0.3, 0.4) is 0 Å². The topological polar surface area (TPSA) is 144 Å². The van der Waals surface area contributed by atoms with E-state index >= 15 is 0 Å². The summed E-state index contributed by atoms with van der Waals surface area (Å²) in [6.07, 6.45) is 7.72. The van der Waals surface area contributed by atoms with Crippen LogP contribution < -0.4 is 21.1 Å². The second-order valence-electron chi connectivity index (χ2n) is 10.1. The highest BCUT2D eigenvalue weighted by atomic mass is 16.5. The van der Waals surface area contributed by atoms with Crippen molar-refractivity contribution in [2.75, 3.05) is 10.2 Å². The van der Waals surface area contributed by atoms with Gasteiger partial charge in [-0.2, -0.15) is 9.84 Å². The second kappa shape index (κ2) is 14.5. The average molecular weight is 626 g/mol. The lowest BCUT2D eigenvalue weighted by Crippen LogP contribution is -2.27. The molecule has 0 bridgehead atoms. The number of pyridine rings is 1. The number of hydrogen-bond acceptors (Lipinski definition) is 7. The summed E-state index contributed by atoms with van der Waals surface area (Å²) in [5.74, 6) is -0.0963. The highest BCUT2D eigenvalue weighted by molar-refractivity contribution is 6.12. The Morgan fingerprint density at radius 2 is 1.65 bits per heavy atom. The van der Waals surface area contributed by atoms with Crippen LogP contribution in [0.2, 0.25) is 0 Å². The van der Waals surface area contributed by atoms with Crippen molar-refractivity contribution in [1.29, 1.82) is 0 Å². The number of allylic oxidation sites excluding steroid dienone is 2. The first-order valence-corrected chi connectivity index (χ1v) is 15.3. The van der Waals surface area contributed by atoms with Gasteiger partial charge in [0.2, 0.25) is 0 Å². The Kier molecular flexibility index (Phi) is 10.5. The summed E-state index contributed by atoms with van der Waals surface area (Å²) in [4.78, 5) is 57.7. The molecule has 2 aliphatic rings. The highest BCUT2D eigenvalue weighted by Crippen LogP contribution is 2.31. The van der Waals surface area contributed by atoms with Crippen molar-refractivity contribution in [2.24, 2.45) is 14.1 Å². The minimum Gasteiger partial charge on any atom is -0.381 e. The number of rotatable bonds is 6. The fourth-order valence-electron chi connectivity index (χ4n) is 5.20. The second-order valence-corrected chi connectivity index (χ2v) is 10.1. The largest absolute Gasteiger partial charge is 0.381 e. The fraction of sp³-hybridized carbons (Fsp3) is 0.294. The summed E-state index contributed by atoms with van der Waals surface area (Å²) in [6, 6.07) is 10.3. The van der Waals surface area contributed by atoms with Gasteiger partial charge in [-0.25, -0.2) is 0 Å². The first-order valence-electron chi connectivity index (χ1n) is 15.3. The summed E-state index contributed by atoms with van der Waals surface area (Å²) in [6.45, 7) is 9.88. The van der Waals surface area contributed by atoms with Crippen molar-refractivity contribution in [3.8, 4) is 11.1 Å². The lowest BCUT2D eigenvalue weighted by atomic mass is 10.0. The van der Waals surface area contributed by atoms with Crippen molar-refractivity contribution >= 4 is 29.2 Å². The number of anilines is 2. The summed E-state index contributed by atoms with van der Waals surface area (Å²) in [5.41, 5.74) is 3.58. The van der Waals surface area contributed by atoms with Crippen molar-refractivity contribution in [1.82, 2.24) is 24.8 Å². The first-order chi connectivity index (χ1) is 22.2. The van der Waals surface area contributed by atoms with Gasteiger partial charge < -0.3 is 20.1 Å². The zero-order chi connectivity index (χ0) is 33.5. The number of nitrogens with one attached hydrogen (secondary N) is 2. The van der Waals surface area contributed by atoms with Crippen molar-refractivity contribution in [2.45, 2.75) is 54.0 Å². The maximum absolute atomic E-state index is 13.3. The Morgan fingerprint density at radius 3 is 2.28 bits per heavy atom. The van der Waals surface area contributed by atoms with Gasteiger partial charge in [0, 0.05) is 60.6 Å². The maximum Gasteiger partial charge on any atom is 0.290 e. The third kappa shape index (κ3) is 6.75. The minimum atomic E-state index is -0.458. The first kappa shape index (κ1) is 33.4.